The molecule has 11 nitrogen and oxygen atoms in total. The third-order valence-corrected chi connectivity index (χ3v) is 12.7. The summed E-state index contributed by atoms with van der Waals surface area (Å²) in [6.07, 6.45) is 43.7. The van der Waals surface area contributed by atoms with Gasteiger partial charge < -0.3 is 45.1 Å². The van der Waals surface area contributed by atoms with Gasteiger partial charge in [-0.25, -0.2) is 0 Å². The summed E-state index contributed by atoms with van der Waals surface area (Å²) in [7, 11) is 0. The highest BCUT2D eigenvalue weighted by Gasteiger charge is 2.44. The van der Waals surface area contributed by atoms with E-state index in [2.05, 4.69) is 43.5 Å². The lowest BCUT2D eigenvalue weighted by molar-refractivity contribution is -0.302. The number of aliphatic hydroxyl groups excluding tert-OH is 5. The fourth-order valence-corrected chi connectivity index (χ4v) is 8.35. The van der Waals surface area contributed by atoms with Crippen molar-refractivity contribution in [2.75, 3.05) is 19.8 Å². The van der Waals surface area contributed by atoms with Crippen LogP contribution >= 0.6 is 0 Å². The van der Waals surface area contributed by atoms with Crippen molar-refractivity contribution >= 4 is 11.9 Å². The number of unbranched alkanes of at least 4 members (excludes halogenated alkanes) is 28. The second-order valence-electron chi connectivity index (χ2n) is 18.9. The van der Waals surface area contributed by atoms with Crippen molar-refractivity contribution in [3.05, 3.63) is 36.5 Å². The molecule has 0 aromatic carbocycles. The standard InChI is InChI=1S/C55H101NO10/c1-3-5-7-9-11-13-14-15-16-20-23-27-31-35-39-43-51(60)64-44-40-36-32-28-24-21-18-17-19-22-26-30-34-38-42-50(59)56-47(48(58)41-37-33-29-25-12-10-8-6-4-2)46-65-55-54(63)53(62)52(61)49(45-57)66-55/h11,13,15-16,37,41,47-49,52-55,57-58,61-63H,3-10,12,14,17-36,38-40,42-46H2,1-2H3,(H,56,59)/b13-11-,16-15-,41-37+. The van der Waals surface area contributed by atoms with Crippen LogP contribution in [0.3, 0.4) is 0 Å². The molecule has 0 aromatic heterocycles. The molecule has 1 heterocycles. The van der Waals surface area contributed by atoms with Gasteiger partial charge in [-0.1, -0.05) is 198 Å². The highest BCUT2D eigenvalue weighted by atomic mass is 16.7. The van der Waals surface area contributed by atoms with Gasteiger partial charge >= 0.3 is 5.97 Å². The van der Waals surface area contributed by atoms with E-state index in [1.165, 1.54) is 128 Å². The van der Waals surface area contributed by atoms with Crippen molar-refractivity contribution in [1.82, 2.24) is 5.32 Å². The smallest absolute Gasteiger partial charge is 0.305 e. The Bertz CT molecular complexity index is 1190. The molecule has 7 atom stereocenters. The summed E-state index contributed by atoms with van der Waals surface area (Å²) in [5, 5.41) is 54.1. The molecule has 1 fully saturated rings. The van der Waals surface area contributed by atoms with Crippen molar-refractivity contribution in [1.29, 1.82) is 0 Å². The summed E-state index contributed by atoms with van der Waals surface area (Å²) >= 11 is 0. The molecule has 66 heavy (non-hydrogen) atoms. The topological polar surface area (TPSA) is 175 Å². The van der Waals surface area contributed by atoms with Crippen LogP contribution in [0, 0.1) is 0 Å². The van der Waals surface area contributed by atoms with Crippen LogP contribution in [-0.4, -0.2) is 100 Å². The molecule has 1 aliphatic rings. The van der Waals surface area contributed by atoms with Gasteiger partial charge in [0.15, 0.2) is 6.29 Å². The highest BCUT2D eigenvalue weighted by molar-refractivity contribution is 5.76. The summed E-state index contributed by atoms with van der Waals surface area (Å²) in [6, 6.07) is -0.817. The first-order chi connectivity index (χ1) is 32.2. The molecule has 0 aliphatic carbocycles. The van der Waals surface area contributed by atoms with Gasteiger partial charge in [0.2, 0.25) is 5.91 Å². The van der Waals surface area contributed by atoms with E-state index < -0.39 is 49.5 Å². The first-order valence-corrected chi connectivity index (χ1v) is 27.3. The number of amides is 1. The Morgan fingerprint density at radius 1 is 0.561 bits per heavy atom. The molecule has 1 aliphatic heterocycles. The van der Waals surface area contributed by atoms with E-state index in [-0.39, 0.29) is 18.5 Å². The second-order valence-corrected chi connectivity index (χ2v) is 18.9. The number of hydrogen-bond donors (Lipinski definition) is 6. The summed E-state index contributed by atoms with van der Waals surface area (Å²) in [6.45, 7) is 4.23. The molecule has 386 valence electrons. The molecule has 11 heteroatoms. The second kappa shape index (κ2) is 45.3. The number of rotatable bonds is 46. The van der Waals surface area contributed by atoms with Crippen molar-refractivity contribution in [2.24, 2.45) is 0 Å². The van der Waals surface area contributed by atoms with Crippen molar-refractivity contribution in [2.45, 2.75) is 281 Å². The van der Waals surface area contributed by atoms with Crippen molar-refractivity contribution in [3.63, 3.8) is 0 Å². The molecule has 0 saturated carbocycles. The maximum absolute atomic E-state index is 13.0. The first kappa shape index (κ1) is 61.9. The minimum atomic E-state index is -1.57. The Morgan fingerprint density at radius 2 is 1.02 bits per heavy atom. The van der Waals surface area contributed by atoms with Gasteiger partial charge in [0, 0.05) is 12.8 Å². The summed E-state index contributed by atoms with van der Waals surface area (Å²) < 4.78 is 16.6. The monoisotopic (exact) mass is 936 g/mol. The molecule has 1 amide bonds. The van der Waals surface area contributed by atoms with E-state index in [9.17, 15) is 35.1 Å². The number of aliphatic hydroxyl groups is 5. The van der Waals surface area contributed by atoms with E-state index in [4.69, 9.17) is 14.2 Å². The third kappa shape index (κ3) is 35.1. The van der Waals surface area contributed by atoms with Gasteiger partial charge in [-0.3, -0.25) is 9.59 Å². The Labute approximate surface area is 403 Å². The normalized spacial score (nSPS) is 19.9. The molecule has 7 unspecified atom stereocenters. The Balaban J connectivity index is 2.09. The zero-order chi connectivity index (χ0) is 48.1. The Morgan fingerprint density at radius 3 is 1.56 bits per heavy atom. The van der Waals surface area contributed by atoms with E-state index in [0.29, 0.717) is 19.4 Å². The van der Waals surface area contributed by atoms with E-state index in [1.807, 2.05) is 6.08 Å². The fourth-order valence-electron chi connectivity index (χ4n) is 8.35. The van der Waals surface area contributed by atoms with Crippen molar-refractivity contribution < 1.29 is 49.3 Å². The summed E-state index contributed by atoms with van der Waals surface area (Å²) in [5.74, 6) is -0.233. The average molecular weight is 936 g/mol. The van der Waals surface area contributed by atoms with Gasteiger partial charge in [-0.2, -0.15) is 0 Å². The van der Waals surface area contributed by atoms with E-state index >= 15 is 0 Å². The molecular formula is C55H101NO10. The molecule has 1 rings (SSSR count). The van der Waals surface area contributed by atoms with Crippen LogP contribution in [0.5, 0.6) is 0 Å². The molecule has 0 spiro atoms. The van der Waals surface area contributed by atoms with Gasteiger partial charge in [-0.15, -0.1) is 0 Å². The van der Waals surface area contributed by atoms with Crippen LogP contribution in [-0.2, 0) is 23.8 Å². The molecule has 1 saturated heterocycles. The van der Waals surface area contributed by atoms with Crippen LogP contribution < -0.4 is 5.32 Å². The van der Waals surface area contributed by atoms with Gasteiger partial charge in [0.25, 0.3) is 0 Å². The van der Waals surface area contributed by atoms with Gasteiger partial charge in [0.1, 0.15) is 24.4 Å². The lowest BCUT2D eigenvalue weighted by Crippen LogP contribution is -2.60. The number of ether oxygens (including phenoxy) is 3. The number of hydrogen-bond acceptors (Lipinski definition) is 10. The van der Waals surface area contributed by atoms with E-state index in [1.54, 1.807) is 6.08 Å². The number of carbonyl (C=O) groups is 2. The van der Waals surface area contributed by atoms with Crippen LogP contribution in [0.4, 0.5) is 0 Å². The molecule has 0 aromatic rings. The lowest BCUT2D eigenvalue weighted by Gasteiger charge is -2.40. The molecule has 0 radical (unpaired) electrons. The fraction of sp³-hybridized carbons (Fsp3) is 0.855. The third-order valence-electron chi connectivity index (χ3n) is 12.7. The molecule has 0 bridgehead atoms. The minimum Gasteiger partial charge on any atom is -0.466 e. The predicted octanol–water partition coefficient (Wildman–Crippen LogP) is 11.6. The zero-order valence-electron chi connectivity index (χ0n) is 42.2. The zero-order valence-corrected chi connectivity index (χ0v) is 42.2. The maximum atomic E-state index is 13.0. The average Bonchev–Trinajstić information content (AvgIpc) is 3.31. The number of allylic oxidation sites excluding steroid dienone is 5. The summed E-state index contributed by atoms with van der Waals surface area (Å²) in [4.78, 5) is 25.0. The summed E-state index contributed by atoms with van der Waals surface area (Å²) in [5.41, 5.74) is 0. The SMILES string of the molecule is CCCCC/C=C\C/C=C\CCCCCCCC(=O)OCCCCCCCCCCCCCCCCC(=O)NC(COC1OC(CO)C(O)C(O)C1O)C(O)/C=C/CCCCCCCCC. The number of carbonyl (C=O) groups excluding carboxylic acids is 2. The van der Waals surface area contributed by atoms with Crippen molar-refractivity contribution in [3.8, 4) is 0 Å². The van der Waals surface area contributed by atoms with Crippen LogP contribution in [0.25, 0.3) is 0 Å². The largest absolute Gasteiger partial charge is 0.466 e. The van der Waals surface area contributed by atoms with E-state index in [0.717, 1.165) is 83.5 Å². The van der Waals surface area contributed by atoms with Crippen LogP contribution in [0.2, 0.25) is 0 Å². The van der Waals surface area contributed by atoms with Gasteiger partial charge in [0.05, 0.1) is 32.0 Å². The number of esters is 1. The number of nitrogens with one attached hydrogen (secondary N) is 1. The first-order valence-electron chi connectivity index (χ1n) is 27.3. The lowest BCUT2D eigenvalue weighted by atomic mass is 9.99. The van der Waals surface area contributed by atoms with Gasteiger partial charge in [-0.05, 0) is 64.2 Å². The predicted molar refractivity (Wildman–Crippen MR) is 269 cm³/mol. The Hall–Kier alpha value is -2.12. The Kier molecular flexibility index (Phi) is 42.5. The van der Waals surface area contributed by atoms with Crippen LogP contribution in [0.15, 0.2) is 36.5 Å². The maximum Gasteiger partial charge on any atom is 0.305 e. The quantitative estimate of drug-likeness (QED) is 0.0196. The highest BCUT2D eigenvalue weighted by Crippen LogP contribution is 2.23. The molecular weight excluding hydrogens is 835 g/mol. The molecule has 6 N–H and O–H groups in total. The van der Waals surface area contributed by atoms with Crippen LogP contribution in [0.1, 0.15) is 239 Å². The minimum absolute atomic E-state index is 0.0375.